The van der Waals surface area contributed by atoms with Crippen molar-refractivity contribution in [3.05, 3.63) is 0 Å². The molecule has 0 amide bonds. The topological polar surface area (TPSA) is 65.3 Å². The first-order valence-corrected chi connectivity index (χ1v) is 5.15. The maximum atomic E-state index is 9.13. The first-order valence-electron chi connectivity index (χ1n) is 5.15. The highest BCUT2D eigenvalue weighted by Crippen LogP contribution is 2.25. The number of nitrogens with one attached hydrogen (secondary N) is 1. The van der Waals surface area contributed by atoms with Gasteiger partial charge in [-0.25, -0.2) is 0 Å². The minimum atomic E-state index is -0.484. The van der Waals surface area contributed by atoms with E-state index in [9.17, 15) is 0 Å². The lowest BCUT2D eigenvalue weighted by molar-refractivity contribution is -0.0164. The first kappa shape index (κ1) is 11.4. The predicted octanol–water partition coefficient (Wildman–Crippen LogP) is 0.420. The van der Waals surface area contributed by atoms with Crippen LogP contribution in [0.3, 0.4) is 0 Å². The third kappa shape index (κ3) is 2.68. The highest BCUT2D eigenvalue weighted by atomic mass is 16.5. The average Bonchev–Trinajstić information content (AvgIpc) is 2.26. The number of nitrogens with zero attached hydrogens (tertiary/aromatic N) is 1. The summed E-state index contributed by atoms with van der Waals surface area (Å²) in [4.78, 5) is 0. The van der Waals surface area contributed by atoms with E-state index in [2.05, 4.69) is 18.3 Å². The van der Waals surface area contributed by atoms with Crippen molar-refractivity contribution in [1.82, 2.24) is 5.32 Å². The van der Waals surface area contributed by atoms with Gasteiger partial charge in [0.1, 0.15) is 5.54 Å². The maximum absolute atomic E-state index is 9.13. The lowest BCUT2D eigenvalue weighted by Gasteiger charge is -2.36. The Hall–Kier alpha value is -0.630. The number of hydrogen-bond acceptors (Lipinski definition) is 4. The molecule has 1 aliphatic rings. The molecule has 2 N–H and O–H groups in total. The Bertz CT molecular complexity index is 215. The molecular formula is C10H18N2O2. The van der Waals surface area contributed by atoms with E-state index in [1.807, 2.05) is 0 Å². The Morgan fingerprint density at radius 2 is 2.50 bits per heavy atom. The predicted molar refractivity (Wildman–Crippen MR) is 52.7 cm³/mol. The van der Waals surface area contributed by atoms with Gasteiger partial charge in [0.2, 0.25) is 0 Å². The first-order chi connectivity index (χ1) is 6.76. The number of ether oxygens (including phenoxy) is 1. The molecule has 0 radical (unpaired) electrons. The second kappa shape index (κ2) is 5.30. The summed E-state index contributed by atoms with van der Waals surface area (Å²) in [7, 11) is 0. The van der Waals surface area contributed by atoms with Crippen molar-refractivity contribution in [3.63, 3.8) is 0 Å². The van der Waals surface area contributed by atoms with E-state index >= 15 is 0 Å². The van der Waals surface area contributed by atoms with Crippen LogP contribution in [0.25, 0.3) is 0 Å². The van der Waals surface area contributed by atoms with Crippen molar-refractivity contribution >= 4 is 0 Å². The molecule has 1 saturated heterocycles. The van der Waals surface area contributed by atoms with Crippen LogP contribution in [0.1, 0.15) is 26.2 Å². The molecule has 2 unspecified atom stereocenters. The number of nitriles is 1. The second-order valence-corrected chi connectivity index (χ2v) is 3.70. The van der Waals surface area contributed by atoms with Crippen LogP contribution in [-0.2, 0) is 4.74 Å². The van der Waals surface area contributed by atoms with Crippen molar-refractivity contribution in [3.8, 4) is 6.07 Å². The molecule has 0 aromatic heterocycles. The standard InChI is InChI=1S/C10H18N2O2/c1-2-9-7-10(8-11,3-6-14-9)12-4-5-13/h9,12-13H,2-7H2,1H3. The van der Waals surface area contributed by atoms with Gasteiger partial charge in [-0.05, 0) is 6.42 Å². The Morgan fingerprint density at radius 1 is 1.71 bits per heavy atom. The summed E-state index contributed by atoms with van der Waals surface area (Å²) in [5.41, 5.74) is -0.484. The smallest absolute Gasteiger partial charge is 0.111 e. The van der Waals surface area contributed by atoms with Gasteiger partial charge in [0.25, 0.3) is 0 Å². The molecule has 0 spiro atoms. The van der Waals surface area contributed by atoms with Crippen LogP contribution in [0.2, 0.25) is 0 Å². The molecule has 1 fully saturated rings. The summed E-state index contributed by atoms with van der Waals surface area (Å²) >= 11 is 0. The molecule has 0 bridgehead atoms. The van der Waals surface area contributed by atoms with Crippen molar-refractivity contribution in [2.24, 2.45) is 0 Å². The highest BCUT2D eigenvalue weighted by Gasteiger charge is 2.35. The molecule has 0 saturated carbocycles. The van der Waals surface area contributed by atoms with E-state index in [0.29, 0.717) is 19.6 Å². The minimum absolute atomic E-state index is 0.0705. The van der Waals surface area contributed by atoms with Crippen LogP contribution in [0.4, 0.5) is 0 Å². The lowest BCUT2D eigenvalue weighted by Crippen LogP contribution is -2.51. The molecule has 1 rings (SSSR count). The second-order valence-electron chi connectivity index (χ2n) is 3.70. The molecule has 2 atom stereocenters. The number of aliphatic hydroxyl groups excluding tert-OH is 1. The quantitative estimate of drug-likeness (QED) is 0.687. The maximum Gasteiger partial charge on any atom is 0.111 e. The molecule has 1 aliphatic heterocycles. The largest absolute Gasteiger partial charge is 0.395 e. The average molecular weight is 198 g/mol. The van der Waals surface area contributed by atoms with Gasteiger partial charge < -0.3 is 9.84 Å². The normalized spacial score (nSPS) is 32.5. The number of aliphatic hydroxyl groups is 1. The van der Waals surface area contributed by atoms with Crippen molar-refractivity contribution in [2.75, 3.05) is 19.8 Å². The third-order valence-corrected chi connectivity index (χ3v) is 2.70. The summed E-state index contributed by atoms with van der Waals surface area (Å²) in [6.07, 6.45) is 2.54. The van der Waals surface area contributed by atoms with E-state index in [0.717, 1.165) is 12.8 Å². The number of rotatable bonds is 4. The summed E-state index contributed by atoms with van der Waals surface area (Å²) in [5.74, 6) is 0. The van der Waals surface area contributed by atoms with E-state index in [1.54, 1.807) is 0 Å². The molecule has 0 aromatic rings. The van der Waals surface area contributed by atoms with Gasteiger partial charge in [-0.15, -0.1) is 0 Å². The van der Waals surface area contributed by atoms with E-state index in [4.69, 9.17) is 15.1 Å². The van der Waals surface area contributed by atoms with E-state index in [-0.39, 0.29) is 12.7 Å². The third-order valence-electron chi connectivity index (χ3n) is 2.70. The van der Waals surface area contributed by atoms with Crippen LogP contribution in [0.15, 0.2) is 0 Å². The molecule has 4 heteroatoms. The summed E-state index contributed by atoms with van der Waals surface area (Å²) in [5, 5.41) is 21.0. The van der Waals surface area contributed by atoms with Gasteiger partial charge in [0.15, 0.2) is 0 Å². The molecule has 80 valence electrons. The number of hydrogen-bond donors (Lipinski definition) is 2. The Balaban J connectivity index is 2.55. The van der Waals surface area contributed by atoms with Crippen LogP contribution in [-0.4, -0.2) is 36.5 Å². The van der Waals surface area contributed by atoms with Crippen molar-refractivity contribution in [2.45, 2.75) is 37.8 Å². The van der Waals surface area contributed by atoms with Gasteiger partial charge >= 0.3 is 0 Å². The van der Waals surface area contributed by atoms with Crippen molar-refractivity contribution < 1.29 is 9.84 Å². The Morgan fingerprint density at radius 3 is 3.07 bits per heavy atom. The zero-order chi connectivity index (χ0) is 10.4. The zero-order valence-corrected chi connectivity index (χ0v) is 8.62. The van der Waals surface area contributed by atoms with Crippen LogP contribution in [0.5, 0.6) is 0 Å². The summed E-state index contributed by atoms with van der Waals surface area (Å²) < 4.78 is 5.51. The van der Waals surface area contributed by atoms with Gasteiger partial charge in [0, 0.05) is 26.0 Å². The highest BCUT2D eigenvalue weighted by molar-refractivity contribution is 5.09. The van der Waals surface area contributed by atoms with Crippen molar-refractivity contribution in [1.29, 1.82) is 5.26 Å². The fourth-order valence-corrected chi connectivity index (χ4v) is 1.81. The molecular weight excluding hydrogens is 180 g/mol. The van der Waals surface area contributed by atoms with Crippen LogP contribution < -0.4 is 5.32 Å². The van der Waals surface area contributed by atoms with Gasteiger partial charge in [0.05, 0.1) is 18.8 Å². The van der Waals surface area contributed by atoms with Gasteiger partial charge in [-0.3, -0.25) is 5.32 Å². The van der Waals surface area contributed by atoms with Crippen LogP contribution in [0, 0.1) is 11.3 Å². The molecule has 14 heavy (non-hydrogen) atoms. The minimum Gasteiger partial charge on any atom is -0.395 e. The fraction of sp³-hybridized carbons (Fsp3) is 0.900. The molecule has 1 heterocycles. The molecule has 0 aliphatic carbocycles. The molecule has 0 aromatic carbocycles. The van der Waals surface area contributed by atoms with E-state index in [1.165, 1.54) is 0 Å². The van der Waals surface area contributed by atoms with Gasteiger partial charge in [-0.2, -0.15) is 5.26 Å². The SMILES string of the molecule is CCC1CC(C#N)(NCCO)CCO1. The summed E-state index contributed by atoms with van der Waals surface area (Å²) in [6, 6.07) is 2.31. The summed E-state index contributed by atoms with van der Waals surface area (Å²) in [6.45, 7) is 3.24. The Kier molecular flexibility index (Phi) is 4.33. The lowest BCUT2D eigenvalue weighted by atomic mass is 9.87. The Labute approximate surface area is 84.9 Å². The number of β-amino-alcohol motifs (C(OH)–C–C–N with tert-alkyl or cyclic N) is 1. The zero-order valence-electron chi connectivity index (χ0n) is 8.62. The van der Waals surface area contributed by atoms with Gasteiger partial charge in [-0.1, -0.05) is 6.92 Å². The monoisotopic (exact) mass is 198 g/mol. The van der Waals surface area contributed by atoms with E-state index < -0.39 is 5.54 Å². The molecule has 4 nitrogen and oxygen atoms in total. The fourth-order valence-electron chi connectivity index (χ4n) is 1.81. The van der Waals surface area contributed by atoms with Crippen LogP contribution >= 0.6 is 0 Å².